The first-order valence-electron chi connectivity index (χ1n) is 7.91. The molecule has 0 radical (unpaired) electrons. The fourth-order valence-electron chi connectivity index (χ4n) is 3.75. The number of piperazine rings is 1. The van der Waals surface area contributed by atoms with Gasteiger partial charge in [0.25, 0.3) is 0 Å². The SMILES string of the molecule is CCC(CN)(C1CC1)N1CCN(c2ccccn2)CC1. The van der Waals surface area contributed by atoms with Crippen molar-refractivity contribution < 1.29 is 0 Å². The molecule has 1 aliphatic heterocycles. The van der Waals surface area contributed by atoms with Gasteiger partial charge in [-0.1, -0.05) is 13.0 Å². The van der Waals surface area contributed by atoms with E-state index in [0.717, 1.165) is 44.5 Å². The minimum Gasteiger partial charge on any atom is -0.354 e. The molecule has 4 nitrogen and oxygen atoms in total. The molecule has 0 spiro atoms. The molecule has 110 valence electrons. The predicted octanol–water partition coefficient (Wildman–Crippen LogP) is 1.72. The average molecular weight is 274 g/mol. The van der Waals surface area contributed by atoms with Crippen LogP contribution in [0.2, 0.25) is 0 Å². The summed E-state index contributed by atoms with van der Waals surface area (Å²) in [6, 6.07) is 6.14. The van der Waals surface area contributed by atoms with Crippen LogP contribution in [0.5, 0.6) is 0 Å². The molecule has 1 atom stereocenters. The van der Waals surface area contributed by atoms with Gasteiger partial charge >= 0.3 is 0 Å². The van der Waals surface area contributed by atoms with E-state index in [1.165, 1.54) is 19.3 Å². The molecule has 1 saturated carbocycles. The Morgan fingerprint density at radius 3 is 2.50 bits per heavy atom. The predicted molar refractivity (Wildman–Crippen MR) is 82.8 cm³/mol. The molecule has 1 aliphatic carbocycles. The lowest BCUT2D eigenvalue weighted by molar-refractivity contribution is 0.0622. The number of nitrogens with two attached hydrogens (primary N) is 1. The summed E-state index contributed by atoms with van der Waals surface area (Å²) >= 11 is 0. The van der Waals surface area contributed by atoms with Crippen LogP contribution < -0.4 is 10.6 Å². The van der Waals surface area contributed by atoms with E-state index in [2.05, 4.69) is 33.8 Å². The Balaban J connectivity index is 1.66. The highest BCUT2D eigenvalue weighted by atomic mass is 15.3. The minimum absolute atomic E-state index is 0.260. The third-order valence-electron chi connectivity index (χ3n) is 5.19. The first kappa shape index (κ1) is 13.8. The Morgan fingerprint density at radius 2 is 2.00 bits per heavy atom. The summed E-state index contributed by atoms with van der Waals surface area (Å²) in [7, 11) is 0. The number of hydrogen-bond donors (Lipinski definition) is 1. The van der Waals surface area contributed by atoms with E-state index < -0.39 is 0 Å². The number of pyridine rings is 1. The normalized spacial score (nSPS) is 23.6. The highest BCUT2D eigenvalue weighted by molar-refractivity contribution is 5.38. The minimum atomic E-state index is 0.260. The molecular formula is C16H26N4. The Hall–Kier alpha value is -1.13. The average Bonchev–Trinajstić information content (AvgIpc) is 3.36. The van der Waals surface area contributed by atoms with Crippen LogP contribution in [0.4, 0.5) is 5.82 Å². The zero-order valence-electron chi connectivity index (χ0n) is 12.5. The summed E-state index contributed by atoms with van der Waals surface area (Å²) in [5.74, 6) is 1.94. The maximum atomic E-state index is 6.17. The summed E-state index contributed by atoms with van der Waals surface area (Å²) < 4.78 is 0. The number of rotatable bonds is 5. The second kappa shape index (κ2) is 5.70. The Kier molecular flexibility index (Phi) is 3.94. The monoisotopic (exact) mass is 274 g/mol. The van der Waals surface area contributed by atoms with Gasteiger partial charge in [-0.3, -0.25) is 4.90 Å². The van der Waals surface area contributed by atoms with E-state index >= 15 is 0 Å². The van der Waals surface area contributed by atoms with Gasteiger partial charge in [-0.15, -0.1) is 0 Å². The first-order valence-corrected chi connectivity index (χ1v) is 7.91. The Labute approximate surface area is 122 Å². The van der Waals surface area contributed by atoms with Crippen LogP contribution in [-0.4, -0.2) is 48.1 Å². The third kappa shape index (κ3) is 2.42. The maximum Gasteiger partial charge on any atom is 0.128 e. The molecule has 1 aromatic heterocycles. The Morgan fingerprint density at radius 1 is 1.25 bits per heavy atom. The summed E-state index contributed by atoms with van der Waals surface area (Å²) in [4.78, 5) is 9.51. The largest absolute Gasteiger partial charge is 0.354 e. The lowest BCUT2D eigenvalue weighted by Crippen LogP contribution is -2.61. The van der Waals surface area contributed by atoms with Gasteiger partial charge in [-0.25, -0.2) is 4.98 Å². The van der Waals surface area contributed by atoms with Crippen LogP contribution in [0.3, 0.4) is 0 Å². The number of nitrogens with zero attached hydrogens (tertiary/aromatic N) is 3. The van der Waals surface area contributed by atoms with Gasteiger partial charge in [-0.2, -0.15) is 0 Å². The van der Waals surface area contributed by atoms with Crippen LogP contribution in [0.15, 0.2) is 24.4 Å². The van der Waals surface area contributed by atoms with Crippen molar-refractivity contribution in [3.8, 4) is 0 Å². The highest BCUT2D eigenvalue weighted by Gasteiger charge is 2.47. The van der Waals surface area contributed by atoms with Gasteiger partial charge in [0, 0.05) is 44.5 Å². The molecule has 4 heteroatoms. The third-order valence-corrected chi connectivity index (χ3v) is 5.19. The number of aromatic nitrogens is 1. The van der Waals surface area contributed by atoms with Crippen molar-refractivity contribution in [3.05, 3.63) is 24.4 Å². The summed E-state index contributed by atoms with van der Waals surface area (Å²) in [6.45, 7) is 7.45. The molecule has 3 rings (SSSR count). The number of hydrogen-bond acceptors (Lipinski definition) is 4. The first-order chi connectivity index (χ1) is 9.80. The van der Waals surface area contributed by atoms with Crippen molar-refractivity contribution in [1.82, 2.24) is 9.88 Å². The summed E-state index contributed by atoms with van der Waals surface area (Å²) in [5, 5.41) is 0. The van der Waals surface area contributed by atoms with E-state index in [0.29, 0.717) is 0 Å². The molecule has 2 fully saturated rings. The van der Waals surface area contributed by atoms with E-state index in [1.807, 2.05) is 12.3 Å². The molecule has 2 N–H and O–H groups in total. The topological polar surface area (TPSA) is 45.4 Å². The second-order valence-electron chi connectivity index (χ2n) is 6.10. The molecule has 2 aliphatic rings. The number of anilines is 1. The molecule has 0 bridgehead atoms. The molecule has 1 unspecified atom stereocenters. The van der Waals surface area contributed by atoms with Crippen molar-refractivity contribution in [1.29, 1.82) is 0 Å². The van der Waals surface area contributed by atoms with Gasteiger partial charge in [0.1, 0.15) is 5.82 Å². The van der Waals surface area contributed by atoms with E-state index in [-0.39, 0.29) is 5.54 Å². The summed E-state index contributed by atoms with van der Waals surface area (Å²) in [5.41, 5.74) is 6.43. The second-order valence-corrected chi connectivity index (χ2v) is 6.10. The van der Waals surface area contributed by atoms with Gasteiger partial charge < -0.3 is 10.6 Å². The van der Waals surface area contributed by atoms with Crippen LogP contribution >= 0.6 is 0 Å². The lowest BCUT2D eigenvalue weighted by Gasteiger charge is -2.48. The molecule has 1 saturated heterocycles. The zero-order valence-corrected chi connectivity index (χ0v) is 12.5. The smallest absolute Gasteiger partial charge is 0.128 e. The van der Waals surface area contributed by atoms with Gasteiger partial charge in [-0.05, 0) is 37.3 Å². The fourth-order valence-corrected chi connectivity index (χ4v) is 3.75. The quantitative estimate of drug-likeness (QED) is 0.888. The van der Waals surface area contributed by atoms with Crippen molar-refractivity contribution >= 4 is 5.82 Å². The van der Waals surface area contributed by atoms with Crippen LogP contribution in [0, 0.1) is 5.92 Å². The van der Waals surface area contributed by atoms with Crippen LogP contribution in [-0.2, 0) is 0 Å². The lowest BCUT2D eigenvalue weighted by atomic mass is 9.87. The van der Waals surface area contributed by atoms with E-state index in [9.17, 15) is 0 Å². The zero-order chi connectivity index (χ0) is 14.0. The molecule has 20 heavy (non-hydrogen) atoms. The highest BCUT2D eigenvalue weighted by Crippen LogP contribution is 2.45. The van der Waals surface area contributed by atoms with E-state index in [4.69, 9.17) is 5.73 Å². The molecule has 1 aromatic rings. The molecular weight excluding hydrogens is 248 g/mol. The van der Waals surface area contributed by atoms with Gasteiger partial charge in [0.05, 0.1) is 0 Å². The van der Waals surface area contributed by atoms with Crippen molar-refractivity contribution in [2.45, 2.75) is 31.7 Å². The fraction of sp³-hybridized carbons (Fsp3) is 0.688. The summed E-state index contributed by atoms with van der Waals surface area (Å²) in [6.07, 6.45) is 5.79. The van der Waals surface area contributed by atoms with Gasteiger partial charge in [0.2, 0.25) is 0 Å². The Bertz CT molecular complexity index is 417. The molecule has 0 amide bonds. The van der Waals surface area contributed by atoms with Crippen molar-refractivity contribution in [2.75, 3.05) is 37.6 Å². The van der Waals surface area contributed by atoms with Gasteiger partial charge in [0.15, 0.2) is 0 Å². The standard InChI is InChI=1S/C16H26N4/c1-2-16(13-17,14-6-7-14)20-11-9-19(10-12-20)15-5-3-4-8-18-15/h3-5,8,14H,2,6-7,9-13,17H2,1H3. The van der Waals surface area contributed by atoms with Crippen LogP contribution in [0.1, 0.15) is 26.2 Å². The molecule has 0 aromatic carbocycles. The molecule has 2 heterocycles. The van der Waals surface area contributed by atoms with Crippen molar-refractivity contribution in [2.24, 2.45) is 11.7 Å². The van der Waals surface area contributed by atoms with Crippen molar-refractivity contribution in [3.63, 3.8) is 0 Å². The van der Waals surface area contributed by atoms with E-state index in [1.54, 1.807) is 0 Å². The maximum absolute atomic E-state index is 6.17. The van der Waals surface area contributed by atoms with Crippen LogP contribution in [0.25, 0.3) is 0 Å².